The number of hydrogen-bond donors (Lipinski definition) is 0. The normalized spacial score (nSPS) is 14.3. The van der Waals surface area contributed by atoms with Crippen molar-refractivity contribution >= 4 is 27.5 Å². The summed E-state index contributed by atoms with van der Waals surface area (Å²) in [5.41, 5.74) is 4.17. The summed E-state index contributed by atoms with van der Waals surface area (Å²) in [7, 11) is 0. The monoisotopic (exact) mass is 358 g/mol. The zero-order chi connectivity index (χ0) is 18.4. The Kier molecular flexibility index (Phi) is 6.25. The molecule has 0 fully saturated rings. The maximum absolute atomic E-state index is 2.35. The lowest BCUT2D eigenvalue weighted by atomic mass is 9.85. The van der Waals surface area contributed by atoms with Crippen LogP contribution in [0.15, 0.2) is 90.0 Å². The molecule has 3 rings (SSSR count). The van der Waals surface area contributed by atoms with E-state index in [1.54, 1.807) is 0 Å². The van der Waals surface area contributed by atoms with Crippen molar-refractivity contribution in [2.45, 2.75) is 33.1 Å². The van der Waals surface area contributed by atoms with Gasteiger partial charge in [0.15, 0.2) is 0 Å². The average molecular weight is 359 g/mol. The van der Waals surface area contributed by atoms with Crippen molar-refractivity contribution in [3.8, 4) is 0 Å². The zero-order valence-corrected chi connectivity index (χ0v) is 16.6. The first-order chi connectivity index (χ1) is 12.7. The number of benzene rings is 2. The van der Waals surface area contributed by atoms with Gasteiger partial charge in [0.2, 0.25) is 0 Å². The minimum Gasteiger partial charge on any atom is -0.136 e. The Morgan fingerprint density at radius 3 is 2.42 bits per heavy atom. The molecule has 0 aliphatic rings. The molecule has 0 aliphatic carbocycles. The van der Waals surface area contributed by atoms with E-state index >= 15 is 0 Å². The molecule has 1 heteroatoms. The van der Waals surface area contributed by atoms with Crippen molar-refractivity contribution in [3.05, 3.63) is 100 Å². The van der Waals surface area contributed by atoms with Crippen LogP contribution in [0.2, 0.25) is 0 Å². The van der Waals surface area contributed by atoms with Crippen molar-refractivity contribution < 1.29 is 0 Å². The van der Waals surface area contributed by atoms with E-state index in [1.807, 2.05) is 11.3 Å². The van der Waals surface area contributed by atoms with Gasteiger partial charge < -0.3 is 0 Å². The number of hydrogen-bond acceptors (Lipinski definition) is 1. The maximum Gasteiger partial charge on any atom is 0.0349 e. The molecule has 0 amide bonds. The first-order valence-electron chi connectivity index (χ1n) is 9.21. The van der Waals surface area contributed by atoms with Crippen molar-refractivity contribution in [2.24, 2.45) is 0 Å². The fourth-order valence-corrected chi connectivity index (χ4v) is 4.51. The number of fused-ring (bicyclic) bond motifs is 1. The molecular formula is C25H26S. The summed E-state index contributed by atoms with van der Waals surface area (Å²) in [6.45, 7) is 6.48. The van der Waals surface area contributed by atoms with Gasteiger partial charge in [0.05, 0.1) is 0 Å². The summed E-state index contributed by atoms with van der Waals surface area (Å²) in [5.74, 6) is 0.392. The van der Waals surface area contributed by atoms with E-state index in [9.17, 15) is 0 Å². The van der Waals surface area contributed by atoms with Crippen LogP contribution in [0, 0.1) is 0 Å². The van der Waals surface area contributed by atoms with Gasteiger partial charge in [-0.3, -0.25) is 0 Å². The molecule has 0 saturated heterocycles. The lowest BCUT2D eigenvalue weighted by Crippen LogP contribution is -2.02. The Hall–Kier alpha value is -2.38. The summed E-state index contributed by atoms with van der Waals surface area (Å²) in [5, 5.41) is 1.33. The zero-order valence-electron chi connectivity index (χ0n) is 15.8. The summed E-state index contributed by atoms with van der Waals surface area (Å²) < 4.78 is 1.36. The fourth-order valence-electron chi connectivity index (χ4n) is 3.42. The van der Waals surface area contributed by atoms with Crippen molar-refractivity contribution in [3.63, 3.8) is 0 Å². The van der Waals surface area contributed by atoms with Gasteiger partial charge in [0.1, 0.15) is 0 Å². The molecular weight excluding hydrogens is 332 g/mol. The van der Waals surface area contributed by atoms with Gasteiger partial charge in [-0.15, -0.1) is 11.3 Å². The van der Waals surface area contributed by atoms with Gasteiger partial charge >= 0.3 is 0 Å². The lowest BCUT2D eigenvalue weighted by Gasteiger charge is -2.19. The van der Waals surface area contributed by atoms with Crippen LogP contribution in [-0.4, -0.2) is 0 Å². The van der Waals surface area contributed by atoms with Gasteiger partial charge in [-0.25, -0.2) is 0 Å². The van der Waals surface area contributed by atoms with E-state index in [1.165, 1.54) is 31.7 Å². The smallest absolute Gasteiger partial charge is 0.0349 e. The van der Waals surface area contributed by atoms with Crippen LogP contribution in [0.5, 0.6) is 0 Å². The second-order valence-electron chi connectivity index (χ2n) is 6.63. The molecule has 3 aromatic rings. The Labute approximate surface area is 161 Å². The van der Waals surface area contributed by atoms with E-state index < -0.39 is 0 Å². The van der Waals surface area contributed by atoms with E-state index in [0.29, 0.717) is 5.92 Å². The van der Waals surface area contributed by atoms with E-state index in [2.05, 4.69) is 106 Å². The van der Waals surface area contributed by atoms with Crippen molar-refractivity contribution in [1.82, 2.24) is 0 Å². The highest BCUT2D eigenvalue weighted by Crippen LogP contribution is 2.34. The first kappa shape index (κ1) is 18.4. The van der Waals surface area contributed by atoms with Crippen LogP contribution in [0.3, 0.4) is 0 Å². The van der Waals surface area contributed by atoms with Gasteiger partial charge in [0.25, 0.3) is 0 Å². The Morgan fingerprint density at radius 1 is 1.00 bits per heavy atom. The quantitative estimate of drug-likeness (QED) is 0.391. The molecule has 0 N–H and O–H groups in total. The van der Waals surface area contributed by atoms with Crippen LogP contribution < -0.4 is 0 Å². The van der Waals surface area contributed by atoms with Gasteiger partial charge in [0, 0.05) is 15.5 Å². The maximum atomic E-state index is 2.35. The van der Waals surface area contributed by atoms with Crippen LogP contribution in [0.25, 0.3) is 16.2 Å². The number of thiophene rings is 1. The Balaban J connectivity index is 1.90. The van der Waals surface area contributed by atoms with Crippen LogP contribution in [0.1, 0.15) is 43.6 Å². The molecule has 1 heterocycles. The first-order valence-corrected chi connectivity index (χ1v) is 10.0. The van der Waals surface area contributed by atoms with Crippen LogP contribution in [-0.2, 0) is 0 Å². The van der Waals surface area contributed by atoms with Gasteiger partial charge in [-0.1, -0.05) is 72.3 Å². The summed E-state index contributed by atoms with van der Waals surface area (Å²) in [4.78, 5) is 1.34. The molecule has 1 atom stereocenters. The minimum absolute atomic E-state index is 0.392. The second kappa shape index (κ2) is 8.82. The van der Waals surface area contributed by atoms with Crippen LogP contribution >= 0.6 is 11.3 Å². The molecule has 1 unspecified atom stereocenters. The molecule has 2 aromatic carbocycles. The molecule has 26 heavy (non-hydrogen) atoms. The summed E-state index contributed by atoms with van der Waals surface area (Å²) in [6.07, 6.45) is 10.00. The van der Waals surface area contributed by atoms with Crippen LogP contribution in [0.4, 0.5) is 0 Å². The second-order valence-corrected chi connectivity index (χ2v) is 7.75. The van der Waals surface area contributed by atoms with Crippen molar-refractivity contribution in [1.29, 1.82) is 0 Å². The molecule has 0 saturated carbocycles. The topological polar surface area (TPSA) is 0 Å². The highest BCUT2D eigenvalue weighted by molar-refractivity contribution is 7.19. The molecule has 132 valence electrons. The van der Waals surface area contributed by atoms with E-state index in [0.717, 1.165) is 6.42 Å². The molecule has 0 nitrogen and oxygen atoms in total. The Bertz CT molecular complexity index is 905. The summed E-state index contributed by atoms with van der Waals surface area (Å²) >= 11 is 1.87. The summed E-state index contributed by atoms with van der Waals surface area (Å²) in [6, 6.07) is 21.7. The number of rotatable bonds is 6. The molecule has 0 radical (unpaired) electrons. The average Bonchev–Trinajstić information content (AvgIpc) is 3.07. The van der Waals surface area contributed by atoms with Gasteiger partial charge in [-0.2, -0.15) is 0 Å². The molecule has 0 spiro atoms. The standard InChI is InChI=1S/C25H26S/c1-4-11-20(5-2)24(21-12-7-6-8-13-21)17-19(3)16-23-18-22-14-9-10-15-25(22)26-23/h4-16,18,24H,17H2,1-3H3. The third-order valence-corrected chi connectivity index (χ3v) is 5.72. The van der Waals surface area contributed by atoms with E-state index in [4.69, 9.17) is 0 Å². The molecule has 1 aromatic heterocycles. The fraction of sp³-hybridized carbons (Fsp3) is 0.200. The van der Waals surface area contributed by atoms with Crippen molar-refractivity contribution in [2.75, 3.05) is 0 Å². The number of allylic oxidation sites excluding steroid dienone is 5. The highest BCUT2D eigenvalue weighted by atomic mass is 32.1. The predicted octanol–water partition coefficient (Wildman–Crippen LogP) is 8.00. The SMILES string of the molecule is CC=CC(=CC)C(CC(C)=Cc1cc2ccccc2s1)c1ccccc1. The largest absolute Gasteiger partial charge is 0.136 e. The van der Waals surface area contributed by atoms with Gasteiger partial charge in [-0.05, 0) is 61.9 Å². The van der Waals surface area contributed by atoms with E-state index in [-0.39, 0.29) is 0 Å². The molecule has 0 aliphatic heterocycles. The Morgan fingerprint density at radius 2 is 1.73 bits per heavy atom. The third-order valence-electron chi connectivity index (χ3n) is 4.66. The molecule has 0 bridgehead atoms. The highest BCUT2D eigenvalue weighted by Gasteiger charge is 2.15. The predicted molar refractivity (Wildman–Crippen MR) is 118 cm³/mol. The lowest BCUT2D eigenvalue weighted by molar-refractivity contribution is 0.796. The third kappa shape index (κ3) is 4.42. The minimum atomic E-state index is 0.392.